The van der Waals surface area contributed by atoms with Crippen molar-refractivity contribution >= 4 is 29.1 Å². The van der Waals surface area contributed by atoms with Crippen molar-refractivity contribution in [3.05, 3.63) is 63.0 Å². The molecule has 2 aromatic rings. The highest BCUT2D eigenvalue weighted by molar-refractivity contribution is 7.11. The Hall–Kier alpha value is -3.51. The van der Waals surface area contributed by atoms with Crippen LogP contribution in [-0.2, 0) is 23.9 Å². The lowest BCUT2D eigenvalue weighted by atomic mass is 9.86. The van der Waals surface area contributed by atoms with Gasteiger partial charge in [-0.05, 0) is 26.8 Å². The Labute approximate surface area is 264 Å². The van der Waals surface area contributed by atoms with E-state index in [9.17, 15) is 23.5 Å². The summed E-state index contributed by atoms with van der Waals surface area (Å²) >= 11 is 1.14. The average molecular weight is 674 g/mol. The number of aromatic nitrogens is 1. The normalized spacial score (nSPS) is 24.0. The maximum Gasteiger partial charge on any atom is 0.338 e. The van der Waals surface area contributed by atoms with E-state index in [2.05, 4.69) is 15.3 Å². The lowest BCUT2D eigenvalue weighted by molar-refractivity contribution is -0.205. The number of likely N-dealkylation sites (tertiary alicyclic amines) is 1. The minimum atomic E-state index is -3.36. The van der Waals surface area contributed by atoms with Gasteiger partial charge < -0.3 is 19.9 Å². The number of methoxy groups -OCH3 is 1. The summed E-state index contributed by atoms with van der Waals surface area (Å²) in [7, 11) is 1.29. The van der Waals surface area contributed by atoms with Crippen molar-refractivity contribution in [3.63, 3.8) is 0 Å². The van der Waals surface area contributed by atoms with Crippen LogP contribution in [0.3, 0.4) is 0 Å². The largest absolute Gasteiger partial charge is 0.481 e. The second kappa shape index (κ2) is 12.9. The molecule has 2 saturated heterocycles. The molecule has 1 aromatic carbocycles. The molecule has 0 aliphatic carbocycles. The molecule has 0 radical (unpaired) electrons. The fourth-order valence-corrected chi connectivity index (χ4v) is 6.44. The summed E-state index contributed by atoms with van der Waals surface area (Å²) in [6.45, 7) is 2.69. The number of aliphatic imine (C=N–C) groups is 1. The Morgan fingerprint density at radius 1 is 1.26 bits per heavy atom. The first kappa shape index (κ1) is 33.8. The molecule has 5 rings (SSSR count). The number of thiazole rings is 1. The van der Waals surface area contributed by atoms with E-state index in [4.69, 9.17) is 14.3 Å². The van der Waals surface area contributed by atoms with Crippen molar-refractivity contribution in [3.8, 4) is 0 Å². The minimum Gasteiger partial charge on any atom is -0.481 e. The van der Waals surface area contributed by atoms with Gasteiger partial charge in [0, 0.05) is 36.5 Å². The summed E-state index contributed by atoms with van der Waals surface area (Å²) in [4.78, 5) is 40.9. The molecule has 2 N–H and O–H groups in total. The third-order valence-corrected chi connectivity index (χ3v) is 9.14. The molecule has 250 valence electrons. The number of halogens is 5. The van der Waals surface area contributed by atoms with Crippen LogP contribution in [0.5, 0.6) is 0 Å². The number of hydroxylamine groups is 2. The van der Waals surface area contributed by atoms with Crippen molar-refractivity contribution < 1.29 is 51.0 Å². The van der Waals surface area contributed by atoms with E-state index in [-0.39, 0.29) is 43.4 Å². The lowest BCUT2D eigenvalue weighted by Gasteiger charge is -2.34. The van der Waals surface area contributed by atoms with Gasteiger partial charge >= 0.3 is 11.9 Å². The molecule has 3 aliphatic heterocycles. The second-order valence-corrected chi connectivity index (χ2v) is 12.4. The smallest absolute Gasteiger partial charge is 0.338 e. The van der Waals surface area contributed by atoms with Crippen LogP contribution in [0.2, 0.25) is 0 Å². The number of carboxylic acids is 1. The van der Waals surface area contributed by atoms with E-state index in [1.54, 1.807) is 5.38 Å². The van der Waals surface area contributed by atoms with E-state index in [0.717, 1.165) is 22.5 Å². The summed E-state index contributed by atoms with van der Waals surface area (Å²) in [5.41, 5.74) is -2.16. The number of nitrogens with zero attached hydrogens (tertiary/aromatic N) is 4. The number of carbonyl (C=O) groups is 2. The third-order valence-electron chi connectivity index (χ3n) is 8.37. The number of ether oxygens (including phenoxy) is 2. The molecule has 0 spiro atoms. The first-order chi connectivity index (χ1) is 21.7. The number of aliphatic carboxylic acids is 1. The van der Waals surface area contributed by atoms with Gasteiger partial charge in [-0.25, -0.2) is 31.7 Å². The number of benzene rings is 1. The highest BCUT2D eigenvalue weighted by Crippen LogP contribution is 2.42. The summed E-state index contributed by atoms with van der Waals surface area (Å²) in [5, 5.41) is 15.6. The molecule has 4 atom stereocenters. The molecule has 0 bridgehead atoms. The number of hydrogen-bond donors (Lipinski definition) is 2. The van der Waals surface area contributed by atoms with Gasteiger partial charge in [0.25, 0.3) is 5.92 Å². The van der Waals surface area contributed by atoms with Crippen LogP contribution >= 0.6 is 11.3 Å². The van der Waals surface area contributed by atoms with Crippen LogP contribution < -0.4 is 5.32 Å². The van der Waals surface area contributed by atoms with Gasteiger partial charge in [0.1, 0.15) is 12.1 Å². The Balaban J connectivity index is 1.53. The summed E-state index contributed by atoms with van der Waals surface area (Å²) < 4.78 is 85.5. The Bertz CT molecular complexity index is 1550. The Morgan fingerprint density at radius 2 is 2.00 bits per heavy atom. The Morgan fingerprint density at radius 3 is 2.63 bits per heavy atom. The van der Waals surface area contributed by atoms with Gasteiger partial charge in [0.15, 0.2) is 28.3 Å². The number of rotatable bonds is 11. The van der Waals surface area contributed by atoms with Crippen molar-refractivity contribution in [2.24, 2.45) is 10.4 Å². The van der Waals surface area contributed by atoms with Crippen molar-refractivity contribution in [1.82, 2.24) is 20.3 Å². The maximum absolute atomic E-state index is 15.7. The van der Waals surface area contributed by atoms with Gasteiger partial charge in [-0.15, -0.1) is 11.3 Å². The zero-order valence-corrected chi connectivity index (χ0v) is 26.0. The number of nitrogens with one attached hydrogen (secondary N) is 1. The van der Waals surface area contributed by atoms with Crippen molar-refractivity contribution in [2.45, 2.75) is 50.9 Å². The van der Waals surface area contributed by atoms with Gasteiger partial charge in [0.2, 0.25) is 0 Å². The highest BCUT2D eigenvalue weighted by atomic mass is 32.1. The number of esters is 1. The van der Waals surface area contributed by atoms with Crippen LogP contribution in [0.4, 0.5) is 22.0 Å². The lowest BCUT2D eigenvalue weighted by Crippen LogP contribution is -2.51. The monoisotopic (exact) mass is 673 g/mol. The maximum atomic E-state index is 15.7. The number of fused-ring (bicyclic) bond motifs is 1. The molecular weight excluding hydrogens is 641 g/mol. The Kier molecular flexibility index (Phi) is 9.52. The topological polar surface area (TPSA) is 126 Å². The highest BCUT2D eigenvalue weighted by Gasteiger charge is 2.61. The molecule has 11 nitrogen and oxygen atoms in total. The number of hydrogen-bond acceptors (Lipinski definition) is 11. The van der Waals surface area contributed by atoms with Crippen LogP contribution in [0, 0.1) is 22.9 Å². The molecule has 1 aromatic heterocycles. The fourth-order valence-electron chi connectivity index (χ4n) is 5.85. The van der Waals surface area contributed by atoms with Gasteiger partial charge in [0.05, 0.1) is 49.4 Å². The minimum absolute atomic E-state index is 0.0180. The van der Waals surface area contributed by atoms with E-state index >= 15 is 13.2 Å². The van der Waals surface area contributed by atoms with E-state index in [1.165, 1.54) is 39.0 Å². The zero-order valence-electron chi connectivity index (χ0n) is 25.2. The average Bonchev–Trinajstić information content (AvgIpc) is 3.73. The van der Waals surface area contributed by atoms with Gasteiger partial charge in [-0.3, -0.25) is 19.5 Å². The predicted octanol–water partition coefficient (Wildman–Crippen LogP) is 3.53. The van der Waals surface area contributed by atoms with E-state index in [1.807, 2.05) is 0 Å². The number of carboxylic acid groups (broad SMARTS) is 1. The van der Waals surface area contributed by atoms with Gasteiger partial charge in [-0.1, -0.05) is 6.07 Å². The number of amidine groups is 1. The molecule has 46 heavy (non-hydrogen) atoms. The van der Waals surface area contributed by atoms with Crippen LogP contribution in [0.25, 0.3) is 0 Å². The standard InChI is InChI=1S/C29H32F5N5O6S/c1-5-44-26(40)19-16(36-24(25-35-8-9-46-25)37-22(19)14-6-7-15(30)21(32)20(14)31)10-38-13-29(33,34)23-17(38)12-45-39(23)11-18(43-4)28(2,3)27(41)42/h6-9,17-18,22-23H,5,10-13H2,1-4H3,(H,36,37)(H,41,42)/t17-,18-,22-,23+/m0/s1. The van der Waals surface area contributed by atoms with Crippen LogP contribution in [-0.4, -0.2) is 102 Å². The second-order valence-electron chi connectivity index (χ2n) is 11.5. The molecule has 17 heteroatoms. The molecule has 3 aliphatic rings. The molecule has 2 fully saturated rings. The predicted molar refractivity (Wildman–Crippen MR) is 153 cm³/mol. The summed E-state index contributed by atoms with van der Waals surface area (Å²) in [5.74, 6) is -10.2. The zero-order chi connectivity index (χ0) is 33.6. The molecular formula is C29H32F5N5O6S. The van der Waals surface area contributed by atoms with Gasteiger partial charge in [-0.2, -0.15) is 5.06 Å². The van der Waals surface area contributed by atoms with Crippen molar-refractivity contribution in [2.75, 3.05) is 40.0 Å². The quantitative estimate of drug-likeness (QED) is 0.208. The molecule has 0 saturated carbocycles. The first-order valence-electron chi connectivity index (χ1n) is 14.3. The third kappa shape index (κ3) is 6.13. The first-order valence-corrected chi connectivity index (χ1v) is 15.1. The van der Waals surface area contributed by atoms with Crippen LogP contribution in [0.1, 0.15) is 37.4 Å². The SMILES string of the molecule is CCOC(=O)C1=C(CN2CC(F)(F)[C@H]3[C@@H]2CON3C[C@H](OC)C(C)(C)C(=O)O)NC(c2nccs2)=N[C@H]1c1ccc(F)c(F)c1F. The van der Waals surface area contributed by atoms with E-state index < -0.39 is 77.1 Å². The fraction of sp³-hybridized carbons (Fsp3) is 0.517. The van der Waals surface area contributed by atoms with Crippen molar-refractivity contribution in [1.29, 1.82) is 0 Å². The molecule has 0 unspecified atom stereocenters. The molecule has 4 heterocycles. The summed E-state index contributed by atoms with van der Waals surface area (Å²) in [6, 6.07) is -2.32. The number of carbonyl (C=O) groups excluding carboxylic acids is 1. The molecule has 0 amide bonds. The number of alkyl halides is 2. The van der Waals surface area contributed by atoms with E-state index in [0.29, 0.717) is 11.1 Å². The van der Waals surface area contributed by atoms with Crippen LogP contribution in [0.15, 0.2) is 40.0 Å². The summed E-state index contributed by atoms with van der Waals surface area (Å²) in [6.07, 6.45) is 0.465.